The van der Waals surface area contributed by atoms with Crippen LogP contribution in [0.4, 0.5) is 0 Å². The zero-order valence-electron chi connectivity index (χ0n) is 9.78. The topological polar surface area (TPSA) is 69.2 Å². The van der Waals surface area contributed by atoms with Gasteiger partial charge in [0.2, 0.25) is 15.7 Å². The monoisotopic (exact) mass is 264 g/mol. The summed E-state index contributed by atoms with van der Waals surface area (Å²) in [6, 6.07) is 10.4. The van der Waals surface area contributed by atoms with Crippen molar-refractivity contribution in [2.45, 2.75) is 10.9 Å². The second kappa shape index (κ2) is 5.14. The lowest BCUT2D eigenvalue weighted by Crippen LogP contribution is -2.09. The van der Waals surface area contributed by atoms with E-state index in [0.717, 1.165) is 0 Å². The third kappa shape index (κ3) is 2.84. The Morgan fingerprint density at radius 1 is 1.17 bits per heavy atom. The van der Waals surface area contributed by atoms with Gasteiger partial charge in [-0.05, 0) is 5.56 Å². The second-order valence-corrected chi connectivity index (χ2v) is 5.51. The zero-order chi connectivity index (χ0) is 13.0. The van der Waals surface area contributed by atoms with Gasteiger partial charge >= 0.3 is 0 Å². The van der Waals surface area contributed by atoms with E-state index in [-0.39, 0.29) is 16.8 Å². The summed E-state index contributed by atoms with van der Waals surface area (Å²) < 4.78 is 29.1. The molecule has 0 bridgehead atoms. The molecule has 18 heavy (non-hydrogen) atoms. The predicted octanol–water partition coefficient (Wildman–Crippen LogP) is 1.46. The van der Waals surface area contributed by atoms with Crippen LogP contribution in [0, 0.1) is 0 Å². The van der Waals surface area contributed by atoms with Crippen molar-refractivity contribution in [1.29, 1.82) is 0 Å². The largest absolute Gasteiger partial charge is 0.481 e. The van der Waals surface area contributed by atoms with E-state index in [1.165, 1.54) is 19.4 Å². The van der Waals surface area contributed by atoms with Crippen molar-refractivity contribution in [2.24, 2.45) is 0 Å². The van der Waals surface area contributed by atoms with E-state index >= 15 is 0 Å². The molecule has 0 amide bonds. The van der Waals surface area contributed by atoms with Crippen LogP contribution < -0.4 is 4.74 Å². The van der Waals surface area contributed by atoms with Crippen LogP contribution in [0.25, 0.3) is 0 Å². The molecule has 0 saturated heterocycles. The highest BCUT2D eigenvalue weighted by Crippen LogP contribution is 2.14. The highest BCUT2D eigenvalue weighted by Gasteiger charge is 2.19. The lowest BCUT2D eigenvalue weighted by atomic mass is 10.2. The molecule has 0 spiro atoms. The molecule has 1 aromatic heterocycles. The fourth-order valence-electron chi connectivity index (χ4n) is 1.45. The molecular formula is C12H12N2O3S. The van der Waals surface area contributed by atoms with Gasteiger partial charge in [-0.15, -0.1) is 0 Å². The molecule has 0 aliphatic carbocycles. The molecule has 0 unspecified atom stereocenters. The molecule has 0 atom stereocenters. The van der Waals surface area contributed by atoms with Gasteiger partial charge in [-0.25, -0.2) is 13.4 Å². The third-order valence-corrected chi connectivity index (χ3v) is 3.76. The van der Waals surface area contributed by atoms with Crippen LogP contribution in [0.15, 0.2) is 47.8 Å². The lowest BCUT2D eigenvalue weighted by Gasteiger charge is -2.04. The number of rotatable bonds is 4. The van der Waals surface area contributed by atoms with Crippen LogP contribution in [-0.4, -0.2) is 25.5 Å². The fraction of sp³-hybridized carbons (Fsp3) is 0.167. The Morgan fingerprint density at radius 2 is 1.89 bits per heavy atom. The van der Waals surface area contributed by atoms with Crippen LogP contribution in [0.1, 0.15) is 5.56 Å². The average Bonchev–Trinajstić information content (AvgIpc) is 2.39. The van der Waals surface area contributed by atoms with Crippen LogP contribution in [-0.2, 0) is 15.6 Å². The molecular weight excluding hydrogens is 252 g/mol. The van der Waals surface area contributed by atoms with Crippen molar-refractivity contribution >= 4 is 9.84 Å². The summed E-state index contributed by atoms with van der Waals surface area (Å²) in [7, 11) is -2.12. The van der Waals surface area contributed by atoms with Gasteiger partial charge in [-0.2, -0.15) is 4.98 Å². The van der Waals surface area contributed by atoms with Crippen LogP contribution in [0.2, 0.25) is 0 Å². The Morgan fingerprint density at radius 3 is 2.56 bits per heavy atom. The van der Waals surface area contributed by atoms with Crippen molar-refractivity contribution in [3.8, 4) is 5.88 Å². The van der Waals surface area contributed by atoms with E-state index in [1.54, 1.807) is 24.3 Å². The lowest BCUT2D eigenvalue weighted by molar-refractivity contribution is 0.391. The fourth-order valence-corrected chi connectivity index (χ4v) is 2.66. The van der Waals surface area contributed by atoms with Gasteiger partial charge in [-0.3, -0.25) is 0 Å². The van der Waals surface area contributed by atoms with E-state index in [1.807, 2.05) is 6.07 Å². The second-order valence-electron chi connectivity index (χ2n) is 3.63. The minimum absolute atomic E-state index is 0.124. The SMILES string of the molecule is COc1ccnc(S(=O)(=O)Cc2ccccc2)n1. The first-order valence-electron chi connectivity index (χ1n) is 5.25. The number of aromatic nitrogens is 2. The maximum absolute atomic E-state index is 12.1. The van der Waals surface area contributed by atoms with Crippen molar-refractivity contribution < 1.29 is 13.2 Å². The predicted molar refractivity (Wildman–Crippen MR) is 65.9 cm³/mol. The van der Waals surface area contributed by atoms with Crippen LogP contribution in [0.5, 0.6) is 5.88 Å². The molecule has 2 aromatic rings. The summed E-state index contributed by atoms with van der Waals surface area (Å²) in [6.45, 7) is 0. The minimum Gasteiger partial charge on any atom is -0.481 e. The van der Waals surface area contributed by atoms with Gasteiger partial charge in [0.1, 0.15) is 0 Å². The van der Waals surface area contributed by atoms with Gasteiger partial charge in [-0.1, -0.05) is 30.3 Å². The van der Waals surface area contributed by atoms with E-state index < -0.39 is 9.84 Å². The first-order chi connectivity index (χ1) is 8.62. The molecule has 0 fully saturated rings. The maximum Gasteiger partial charge on any atom is 0.250 e. The number of methoxy groups -OCH3 is 1. The summed E-state index contributed by atoms with van der Waals surface area (Å²) in [5, 5.41) is -0.217. The number of benzene rings is 1. The number of ether oxygens (including phenoxy) is 1. The quantitative estimate of drug-likeness (QED) is 0.782. The Balaban J connectivity index is 2.31. The average molecular weight is 264 g/mol. The van der Waals surface area contributed by atoms with Gasteiger partial charge < -0.3 is 4.74 Å². The molecule has 2 rings (SSSR count). The van der Waals surface area contributed by atoms with E-state index in [0.29, 0.717) is 5.56 Å². The van der Waals surface area contributed by atoms with Crippen molar-refractivity contribution in [3.05, 3.63) is 48.2 Å². The van der Waals surface area contributed by atoms with Gasteiger partial charge in [0.15, 0.2) is 0 Å². The number of hydrogen-bond donors (Lipinski definition) is 0. The molecule has 1 aromatic carbocycles. The van der Waals surface area contributed by atoms with Crippen molar-refractivity contribution in [1.82, 2.24) is 9.97 Å². The Hall–Kier alpha value is -1.95. The molecule has 0 aliphatic rings. The summed E-state index contributed by atoms with van der Waals surface area (Å²) in [5.41, 5.74) is 0.698. The molecule has 6 heteroatoms. The first kappa shape index (κ1) is 12.5. The summed E-state index contributed by atoms with van der Waals surface area (Å²) in [4.78, 5) is 7.61. The van der Waals surface area contributed by atoms with Crippen molar-refractivity contribution in [3.63, 3.8) is 0 Å². The smallest absolute Gasteiger partial charge is 0.250 e. The van der Waals surface area contributed by atoms with Gasteiger partial charge in [0.05, 0.1) is 12.9 Å². The number of sulfone groups is 1. The summed E-state index contributed by atoms with van der Waals surface area (Å²) >= 11 is 0. The van der Waals surface area contributed by atoms with Crippen molar-refractivity contribution in [2.75, 3.05) is 7.11 Å². The summed E-state index contributed by atoms with van der Waals surface area (Å²) in [6.07, 6.45) is 1.36. The molecule has 94 valence electrons. The highest BCUT2D eigenvalue weighted by atomic mass is 32.2. The number of nitrogens with zero attached hydrogens (tertiary/aromatic N) is 2. The highest BCUT2D eigenvalue weighted by molar-refractivity contribution is 7.90. The van der Waals surface area contributed by atoms with Gasteiger partial charge in [0, 0.05) is 12.3 Å². The maximum atomic E-state index is 12.1. The molecule has 0 aliphatic heterocycles. The number of hydrogen-bond acceptors (Lipinski definition) is 5. The van der Waals surface area contributed by atoms with Gasteiger partial charge in [0.25, 0.3) is 5.16 Å². The van der Waals surface area contributed by atoms with E-state index in [2.05, 4.69) is 9.97 Å². The standard InChI is InChI=1S/C12H12N2O3S/c1-17-11-7-8-13-12(14-11)18(15,16)9-10-5-3-2-4-6-10/h2-8H,9H2,1H3. The zero-order valence-corrected chi connectivity index (χ0v) is 10.6. The normalized spacial score (nSPS) is 11.2. The van der Waals surface area contributed by atoms with E-state index in [4.69, 9.17) is 4.74 Å². The molecule has 0 saturated carbocycles. The first-order valence-corrected chi connectivity index (χ1v) is 6.91. The van der Waals surface area contributed by atoms with E-state index in [9.17, 15) is 8.42 Å². The Kier molecular flexibility index (Phi) is 3.57. The molecule has 1 heterocycles. The van der Waals surface area contributed by atoms with Crippen LogP contribution in [0.3, 0.4) is 0 Å². The Bertz CT molecular complexity index is 627. The molecule has 0 radical (unpaired) electrons. The Labute approximate surface area is 105 Å². The molecule has 0 N–H and O–H groups in total. The minimum atomic E-state index is -3.55. The van der Waals surface area contributed by atoms with Crippen LogP contribution >= 0.6 is 0 Å². The molecule has 5 nitrogen and oxygen atoms in total. The third-order valence-electron chi connectivity index (χ3n) is 2.29. The summed E-state index contributed by atoms with van der Waals surface area (Å²) in [5.74, 6) is 0.109.